The van der Waals surface area contributed by atoms with Crippen molar-refractivity contribution in [3.8, 4) is 5.75 Å². The molecule has 0 aromatic heterocycles. The van der Waals surface area contributed by atoms with Gasteiger partial charge < -0.3 is 15.2 Å². The predicted molar refractivity (Wildman–Crippen MR) is 82.4 cm³/mol. The molecular formula is C17H19NO3. The molecule has 2 N–H and O–H groups in total. The molecular weight excluding hydrogens is 266 g/mol. The van der Waals surface area contributed by atoms with Crippen LogP contribution < -0.4 is 10.1 Å². The number of rotatable bonds is 5. The van der Waals surface area contributed by atoms with Gasteiger partial charge in [-0.3, -0.25) is 4.79 Å². The summed E-state index contributed by atoms with van der Waals surface area (Å²) in [6, 6.07) is 12.8. The first-order valence-corrected chi connectivity index (χ1v) is 6.79. The maximum absolute atomic E-state index is 11.9. The second-order valence-electron chi connectivity index (χ2n) is 4.89. The van der Waals surface area contributed by atoms with E-state index in [1.165, 1.54) is 0 Å². The van der Waals surface area contributed by atoms with Crippen LogP contribution in [0.15, 0.2) is 42.5 Å². The molecule has 0 heterocycles. The molecule has 0 fully saturated rings. The summed E-state index contributed by atoms with van der Waals surface area (Å²) in [5.74, 6) is 0.357. The smallest absolute Gasteiger partial charge is 0.262 e. The largest absolute Gasteiger partial charge is 0.484 e. The summed E-state index contributed by atoms with van der Waals surface area (Å²) < 4.78 is 5.43. The first-order chi connectivity index (χ1) is 10.1. The molecule has 0 aliphatic heterocycles. The molecule has 2 aromatic rings. The Balaban J connectivity index is 1.94. The van der Waals surface area contributed by atoms with E-state index in [1.54, 1.807) is 24.3 Å². The Bertz CT molecular complexity index is 638. The fourth-order valence-corrected chi connectivity index (χ4v) is 1.96. The number of nitrogens with one attached hydrogen (secondary N) is 1. The summed E-state index contributed by atoms with van der Waals surface area (Å²) >= 11 is 0. The molecule has 0 aliphatic carbocycles. The third-order valence-corrected chi connectivity index (χ3v) is 3.33. The van der Waals surface area contributed by atoms with Crippen LogP contribution >= 0.6 is 0 Å². The van der Waals surface area contributed by atoms with E-state index < -0.39 is 0 Å². The first kappa shape index (κ1) is 15.1. The Morgan fingerprint density at radius 3 is 2.71 bits per heavy atom. The Morgan fingerprint density at radius 2 is 1.95 bits per heavy atom. The average Bonchev–Trinajstić information content (AvgIpc) is 2.50. The Kier molecular flexibility index (Phi) is 4.95. The van der Waals surface area contributed by atoms with Crippen molar-refractivity contribution in [3.63, 3.8) is 0 Å². The lowest BCUT2D eigenvalue weighted by atomic mass is 10.1. The zero-order valence-corrected chi connectivity index (χ0v) is 12.2. The highest BCUT2D eigenvalue weighted by Gasteiger charge is 2.07. The zero-order chi connectivity index (χ0) is 15.2. The highest BCUT2D eigenvalue weighted by molar-refractivity contribution is 5.92. The highest BCUT2D eigenvalue weighted by Crippen LogP contribution is 2.18. The van der Waals surface area contributed by atoms with Gasteiger partial charge in [-0.2, -0.15) is 0 Å². The number of benzene rings is 2. The van der Waals surface area contributed by atoms with Gasteiger partial charge in [-0.15, -0.1) is 0 Å². The van der Waals surface area contributed by atoms with Crippen molar-refractivity contribution >= 4 is 11.6 Å². The minimum atomic E-state index is -0.210. The van der Waals surface area contributed by atoms with E-state index in [-0.39, 0.29) is 19.1 Å². The topological polar surface area (TPSA) is 58.6 Å². The Hall–Kier alpha value is -2.33. The number of carbonyl (C=O) groups excluding carboxylic acids is 1. The number of aryl methyl sites for hydroxylation is 1. The number of carbonyl (C=O) groups is 1. The summed E-state index contributed by atoms with van der Waals surface area (Å²) in [6.07, 6.45) is 0. The number of aliphatic hydroxyl groups excluding tert-OH is 1. The molecule has 2 aromatic carbocycles. The fourth-order valence-electron chi connectivity index (χ4n) is 1.96. The van der Waals surface area contributed by atoms with Crippen LogP contribution in [0.4, 0.5) is 5.69 Å². The highest BCUT2D eigenvalue weighted by atomic mass is 16.5. The monoisotopic (exact) mass is 285 g/mol. The van der Waals surface area contributed by atoms with Gasteiger partial charge in [-0.25, -0.2) is 0 Å². The van der Waals surface area contributed by atoms with Crippen LogP contribution in [0.3, 0.4) is 0 Å². The fraction of sp³-hybridized carbons (Fsp3) is 0.235. The Labute approximate surface area is 124 Å². The third-order valence-electron chi connectivity index (χ3n) is 3.33. The molecule has 0 spiro atoms. The van der Waals surface area contributed by atoms with E-state index >= 15 is 0 Å². The van der Waals surface area contributed by atoms with Gasteiger partial charge in [0.2, 0.25) is 0 Å². The molecule has 0 saturated heterocycles. The van der Waals surface area contributed by atoms with Crippen molar-refractivity contribution in [1.82, 2.24) is 0 Å². The van der Waals surface area contributed by atoms with Crippen LogP contribution in [0.2, 0.25) is 0 Å². The molecule has 0 aliphatic rings. The molecule has 0 atom stereocenters. The lowest BCUT2D eigenvalue weighted by Crippen LogP contribution is -2.20. The molecule has 0 unspecified atom stereocenters. The van der Waals surface area contributed by atoms with E-state index in [0.29, 0.717) is 5.75 Å². The number of hydrogen-bond acceptors (Lipinski definition) is 3. The van der Waals surface area contributed by atoms with Crippen molar-refractivity contribution in [2.45, 2.75) is 20.5 Å². The van der Waals surface area contributed by atoms with Gasteiger partial charge in [0, 0.05) is 5.69 Å². The van der Waals surface area contributed by atoms with Crippen LogP contribution in [0.5, 0.6) is 5.75 Å². The van der Waals surface area contributed by atoms with E-state index in [4.69, 9.17) is 9.84 Å². The van der Waals surface area contributed by atoms with Crippen molar-refractivity contribution in [2.24, 2.45) is 0 Å². The van der Waals surface area contributed by atoms with Crippen LogP contribution in [-0.2, 0) is 11.4 Å². The molecule has 0 bridgehead atoms. The van der Waals surface area contributed by atoms with E-state index in [1.807, 2.05) is 32.0 Å². The number of amides is 1. The van der Waals surface area contributed by atoms with Crippen LogP contribution in [0.1, 0.15) is 16.7 Å². The maximum atomic E-state index is 11.9. The summed E-state index contributed by atoms with van der Waals surface area (Å²) in [5, 5.41) is 11.9. The SMILES string of the molecule is Cc1cccc(NC(=O)COc2cccc(CO)c2)c1C. The second-order valence-corrected chi connectivity index (χ2v) is 4.89. The molecule has 2 rings (SSSR count). The van der Waals surface area contributed by atoms with Crippen LogP contribution in [0.25, 0.3) is 0 Å². The van der Waals surface area contributed by atoms with Gasteiger partial charge in [0.1, 0.15) is 5.75 Å². The molecule has 0 saturated carbocycles. The minimum absolute atomic E-state index is 0.0497. The molecule has 4 nitrogen and oxygen atoms in total. The summed E-state index contributed by atoms with van der Waals surface area (Å²) in [4.78, 5) is 11.9. The normalized spacial score (nSPS) is 10.2. The van der Waals surface area contributed by atoms with E-state index in [9.17, 15) is 4.79 Å². The van der Waals surface area contributed by atoms with Crippen LogP contribution in [0, 0.1) is 13.8 Å². The van der Waals surface area contributed by atoms with E-state index in [2.05, 4.69) is 5.32 Å². The summed E-state index contributed by atoms with van der Waals surface area (Å²) in [5.41, 5.74) is 3.73. The zero-order valence-electron chi connectivity index (χ0n) is 12.2. The number of aliphatic hydroxyl groups is 1. The van der Waals surface area contributed by atoms with Gasteiger partial charge in [0.15, 0.2) is 6.61 Å². The maximum Gasteiger partial charge on any atom is 0.262 e. The molecule has 4 heteroatoms. The minimum Gasteiger partial charge on any atom is -0.484 e. The molecule has 21 heavy (non-hydrogen) atoms. The lowest BCUT2D eigenvalue weighted by Gasteiger charge is -2.11. The number of ether oxygens (including phenoxy) is 1. The van der Waals surface area contributed by atoms with Crippen LogP contribution in [-0.4, -0.2) is 17.6 Å². The van der Waals surface area contributed by atoms with Gasteiger partial charge in [0.25, 0.3) is 5.91 Å². The van der Waals surface area contributed by atoms with Gasteiger partial charge in [0.05, 0.1) is 6.61 Å². The molecule has 0 radical (unpaired) electrons. The predicted octanol–water partition coefficient (Wildman–Crippen LogP) is 2.81. The molecule has 110 valence electrons. The standard InChI is InChI=1S/C17H19NO3/c1-12-5-3-8-16(13(12)2)18-17(20)11-21-15-7-4-6-14(9-15)10-19/h3-9,19H,10-11H2,1-2H3,(H,18,20). The third kappa shape index (κ3) is 4.07. The number of hydrogen-bond donors (Lipinski definition) is 2. The van der Waals surface area contributed by atoms with Crippen molar-refractivity contribution in [2.75, 3.05) is 11.9 Å². The van der Waals surface area contributed by atoms with Crippen molar-refractivity contribution < 1.29 is 14.6 Å². The number of anilines is 1. The second kappa shape index (κ2) is 6.90. The Morgan fingerprint density at radius 1 is 1.19 bits per heavy atom. The van der Waals surface area contributed by atoms with E-state index in [0.717, 1.165) is 22.4 Å². The van der Waals surface area contributed by atoms with Gasteiger partial charge >= 0.3 is 0 Å². The lowest BCUT2D eigenvalue weighted by molar-refractivity contribution is -0.118. The first-order valence-electron chi connectivity index (χ1n) is 6.79. The van der Waals surface area contributed by atoms with Gasteiger partial charge in [-0.1, -0.05) is 24.3 Å². The average molecular weight is 285 g/mol. The quantitative estimate of drug-likeness (QED) is 0.888. The summed E-state index contributed by atoms with van der Waals surface area (Å²) in [6.45, 7) is 3.85. The van der Waals surface area contributed by atoms with Gasteiger partial charge in [-0.05, 0) is 48.7 Å². The van der Waals surface area contributed by atoms with Crippen molar-refractivity contribution in [1.29, 1.82) is 0 Å². The summed E-state index contributed by atoms with van der Waals surface area (Å²) in [7, 11) is 0. The van der Waals surface area contributed by atoms with Crippen molar-refractivity contribution in [3.05, 3.63) is 59.2 Å². The molecule has 1 amide bonds.